The van der Waals surface area contributed by atoms with Gasteiger partial charge in [0.15, 0.2) is 0 Å². The Morgan fingerprint density at radius 2 is 1.58 bits per heavy atom. The molecule has 33 heavy (non-hydrogen) atoms. The van der Waals surface area contributed by atoms with Crippen LogP contribution in [0.1, 0.15) is 31.2 Å². The van der Waals surface area contributed by atoms with Crippen LogP contribution >= 0.6 is 0 Å². The van der Waals surface area contributed by atoms with Crippen molar-refractivity contribution in [1.29, 1.82) is 0 Å². The quantitative estimate of drug-likeness (QED) is 0.541. The Hall–Kier alpha value is -2.57. The van der Waals surface area contributed by atoms with E-state index in [2.05, 4.69) is 26.8 Å². The van der Waals surface area contributed by atoms with E-state index in [1.165, 1.54) is 24.9 Å². The van der Waals surface area contributed by atoms with Crippen LogP contribution in [-0.4, -0.2) is 74.7 Å². The molecule has 0 bridgehead atoms. The summed E-state index contributed by atoms with van der Waals surface area (Å²) in [6.45, 7) is 7.47. The lowest BCUT2D eigenvalue weighted by Gasteiger charge is -2.41. The molecule has 2 fully saturated rings. The third-order valence-electron chi connectivity index (χ3n) is 6.83. The number of methoxy groups -OCH3 is 1. The molecule has 0 radical (unpaired) electrons. The highest BCUT2D eigenvalue weighted by Crippen LogP contribution is 2.22. The molecule has 6 nitrogen and oxygen atoms in total. The molecule has 1 atom stereocenters. The summed E-state index contributed by atoms with van der Waals surface area (Å²) in [4.78, 5) is 20.2. The summed E-state index contributed by atoms with van der Waals surface area (Å²) in [6.07, 6.45) is 4.20. The zero-order valence-electron chi connectivity index (χ0n) is 19.8. The van der Waals surface area contributed by atoms with Crippen molar-refractivity contribution in [2.45, 2.75) is 38.3 Å². The average Bonchev–Trinajstić information content (AvgIpc) is 2.89. The van der Waals surface area contributed by atoms with Gasteiger partial charge in [0.2, 0.25) is 0 Å². The van der Waals surface area contributed by atoms with Gasteiger partial charge in [0.05, 0.1) is 13.5 Å². The van der Waals surface area contributed by atoms with E-state index in [0.29, 0.717) is 13.0 Å². The number of carbonyl (C=O) groups is 1. The Kier molecular flexibility index (Phi) is 8.61. The summed E-state index contributed by atoms with van der Waals surface area (Å²) in [5.74, 6) is 0.798. The largest absolute Gasteiger partial charge is 0.497 e. The second kappa shape index (κ2) is 12.1. The molecule has 0 spiro atoms. The number of nitrogens with zero attached hydrogens (tertiary/aromatic N) is 3. The van der Waals surface area contributed by atoms with Gasteiger partial charge >= 0.3 is 5.97 Å². The van der Waals surface area contributed by atoms with Gasteiger partial charge in [-0.3, -0.25) is 14.6 Å². The first kappa shape index (κ1) is 23.6. The maximum absolute atomic E-state index is 12.7. The molecular formula is C27H37N3O3. The number of piperidine rings is 1. The number of rotatable bonds is 9. The molecule has 2 aromatic carbocycles. The van der Waals surface area contributed by atoms with Crippen molar-refractivity contribution in [1.82, 2.24) is 9.80 Å². The van der Waals surface area contributed by atoms with Crippen molar-refractivity contribution in [2.24, 2.45) is 0 Å². The van der Waals surface area contributed by atoms with Crippen LogP contribution in [0.3, 0.4) is 0 Å². The third kappa shape index (κ3) is 6.95. The smallest absolute Gasteiger partial charge is 0.307 e. The molecule has 1 unspecified atom stereocenters. The Morgan fingerprint density at radius 1 is 0.879 bits per heavy atom. The fraction of sp³-hybridized carbons (Fsp3) is 0.519. The molecule has 6 heteroatoms. The van der Waals surface area contributed by atoms with E-state index >= 15 is 0 Å². The number of hydrogen-bond donors (Lipinski definition) is 0. The maximum atomic E-state index is 12.7. The van der Waals surface area contributed by atoms with E-state index in [0.717, 1.165) is 57.1 Å². The summed E-state index contributed by atoms with van der Waals surface area (Å²) in [5, 5.41) is 0. The SMILES string of the molecule is COc1ccc(N2CCN(CC(CC(=O)OCc3ccccc3)N3CCCCC3)CC2)cc1. The highest BCUT2D eigenvalue weighted by atomic mass is 16.5. The summed E-state index contributed by atoms with van der Waals surface area (Å²) in [7, 11) is 1.70. The molecule has 2 aliphatic heterocycles. The third-order valence-corrected chi connectivity index (χ3v) is 6.83. The van der Waals surface area contributed by atoms with Crippen LogP contribution < -0.4 is 9.64 Å². The van der Waals surface area contributed by atoms with Crippen molar-refractivity contribution >= 4 is 11.7 Å². The fourth-order valence-corrected chi connectivity index (χ4v) is 4.86. The van der Waals surface area contributed by atoms with Gasteiger partial charge in [-0.2, -0.15) is 0 Å². The van der Waals surface area contributed by atoms with Crippen LogP contribution in [-0.2, 0) is 16.1 Å². The van der Waals surface area contributed by atoms with Crippen molar-refractivity contribution in [3.05, 3.63) is 60.2 Å². The predicted octanol–water partition coefficient (Wildman–Crippen LogP) is 3.81. The number of esters is 1. The van der Waals surface area contributed by atoms with E-state index in [1.54, 1.807) is 7.11 Å². The van der Waals surface area contributed by atoms with Crippen molar-refractivity contribution in [3.63, 3.8) is 0 Å². The molecule has 0 amide bonds. The Balaban J connectivity index is 1.30. The van der Waals surface area contributed by atoms with Crippen LogP contribution in [0.2, 0.25) is 0 Å². The van der Waals surface area contributed by atoms with Gasteiger partial charge in [0.25, 0.3) is 0 Å². The molecular weight excluding hydrogens is 414 g/mol. The molecule has 178 valence electrons. The van der Waals surface area contributed by atoms with Crippen molar-refractivity contribution in [3.8, 4) is 5.75 Å². The van der Waals surface area contributed by atoms with E-state index < -0.39 is 0 Å². The number of ether oxygens (including phenoxy) is 2. The Bertz CT molecular complexity index is 845. The molecule has 0 aliphatic carbocycles. The Labute approximate surface area is 198 Å². The van der Waals surface area contributed by atoms with E-state index in [-0.39, 0.29) is 12.0 Å². The molecule has 0 N–H and O–H groups in total. The minimum atomic E-state index is -0.0914. The van der Waals surface area contributed by atoms with E-state index in [4.69, 9.17) is 9.47 Å². The summed E-state index contributed by atoms with van der Waals surface area (Å²) >= 11 is 0. The fourth-order valence-electron chi connectivity index (χ4n) is 4.86. The second-order valence-electron chi connectivity index (χ2n) is 9.09. The lowest BCUT2D eigenvalue weighted by Crippen LogP contribution is -2.53. The van der Waals surface area contributed by atoms with Crippen LogP contribution in [0.5, 0.6) is 5.75 Å². The van der Waals surface area contributed by atoms with Gasteiger partial charge < -0.3 is 14.4 Å². The zero-order chi connectivity index (χ0) is 22.9. The summed E-state index contributed by atoms with van der Waals surface area (Å²) < 4.78 is 10.9. The van der Waals surface area contributed by atoms with E-state index in [1.807, 2.05) is 42.5 Å². The highest BCUT2D eigenvalue weighted by molar-refractivity contribution is 5.70. The van der Waals surface area contributed by atoms with Gasteiger partial charge in [0.1, 0.15) is 12.4 Å². The summed E-state index contributed by atoms with van der Waals surface area (Å²) in [6, 6.07) is 18.5. The molecule has 2 saturated heterocycles. The van der Waals surface area contributed by atoms with E-state index in [9.17, 15) is 4.79 Å². The topological polar surface area (TPSA) is 45.3 Å². The molecule has 0 aromatic heterocycles. The average molecular weight is 452 g/mol. The lowest BCUT2D eigenvalue weighted by molar-refractivity contribution is -0.146. The highest BCUT2D eigenvalue weighted by Gasteiger charge is 2.27. The van der Waals surface area contributed by atoms with Crippen molar-refractivity contribution in [2.75, 3.05) is 57.8 Å². The standard InChI is InChI=1S/C27H37N3O3/c1-32-26-12-10-24(11-13-26)30-18-16-28(17-19-30)21-25(29-14-6-3-7-15-29)20-27(31)33-22-23-8-4-2-5-9-23/h2,4-5,8-13,25H,3,6-7,14-22H2,1H3. The summed E-state index contributed by atoms with van der Waals surface area (Å²) in [5.41, 5.74) is 2.28. The van der Waals surface area contributed by atoms with Crippen LogP contribution in [0.15, 0.2) is 54.6 Å². The Morgan fingerprint density at radius 3 is 2.24 bits per heavy atom. The van der Waals surface area contributed by atoms with Gasteiger partial charge in [-0.05, 0) is 55.8 Å². The number of hydrogen-bond acceptors (Lipinski definition) is 6. The molecule has 2 aliphatic rings. The van der Waals surface area contributed by atoms with Gasteiger partial charge in [0, 0.05) is 44.5 Å². The number of likely N-dealkylation sites (tertiary alicyclic amines) is 1. The number of carbonyl (C=O) groups excluding carboxylic acids is 1. The molecule has 4 rings (SSSR count). The molecule has 0 saturated carbocycles. The first-order chi connectivity index (χ1) is 16.2. The van der Waals surface area contributed by atoms with Crippen molar-refractivity contribution < 1.29 is 14.3 Å². The predicted molar refractivity (Wildman–Crippen MR) is 132 cm³/mol. The number of piperazine rings is 1. The lowest BCUT2D eigenvalue weighted by atomic mass is 10.0. The molecule has 2 aromatic rings. The zero-order valence-corrected chi connectivity index (χ0v) is 19.8. The number of benzene rings is 2. The minimum Gasteiger partial charge on any atom is -0.497 e. The molecule has 2 heterocycles. The number of anilines is 1. The van der Waals surface area contributed by atoms with Crippen LogP contribution in [0, 0.1) is 0 Å². The van der Waals surface area contributed by atoms with Crippen LogP contribution in [0.25, 0.3) is 0 Å². The van der Waals surface area contributed by atoms with Gasteiger partial charge in [-0.15, -0.1) is 0 Å². The monoisotopic (exact) mass is 451 g/mol. The minimum absolute atomic E-state index is 0.0914. The second-order valence-corrected chi connectivity index (χ2v) is 9.09. The van der Waals surface area contributed by atoms with Crippen LogP contribution in [0.4, 0.5) is 5.69 Å². The maximum Gasteiger partial charge on any atom is 0.307 e. The first-order valence-electron chi connectivity index (χ1n) is 12.3. The normalized spacial score (nSPS) is 18.6. The van der Waals surface area contributed by atoms with Gasteiger partial charge in [-0.1, -0.05) is 36.8 Å². The first-order valence-corrected chi connectivity index (χ1v) is 12.3. The van der Waals surface area contributed by atoms with Gasteiger partial charge in [-0.25, -0.2) is 0 Å².